The Labute approximate surface area is 167 Å². The molecule has 154 valence electrons. The van der Waals surface area contributed by atoms with Crippen LogP contribution in [-0.2, 0) is 16.0 Å². The van der Waals surface area contributed by atoms with Crippen LogP contribution in [0, 0.1) is 18.6 Å². The molecule has 0 aromatic heterocycles. The third-order valence-corrected chi connectivity index (χ3v) is 4.22. The van der Waals surface area contributed by atoms with E-state index in [1.807, 2.05) is 13.8 Å². The molecule has 1 aliphatic heterocycles. The van der Waals surface area contributed by atoms with Crippen LogP contribution in [0.1, 0.15) is 25.0 Å². The zero-order valence-corrected chi connectivity index (χ0v) is 16.5. The number of amides is 4. The first-order valence-corrected chi connectivity index (χ1v) is 9.26. The fourth-order valence-electron chi connectivity index (χ4n) is 2.83. The molecule has 0 radical (unpaired) electrons. The van der Waals surface area contributed by atoms with Gasteiger partial charge in [0.2, 0.25) is 5.91 Å². The number of rotatable bonds is 5. The van der Waals surface area contributed by atoms with Crippen molar-refractivity contribution in [2.45, 2.75) is 33.2 Å². The van der Waals surface area contributed by atoms with Gasteiger partial charge in [-0.05, 0) is 42.3 Å². The van der Waals surface area contributed by atoms with Crippen molar-refractivity contribution in [1.82, 2.24) is 10.2 Å². The van der Waals surface area contributed by atoms with Crippen LogP contribution in [0.15, 0.2) is 42.5 Å². The lowest BCUT2D eigenvalue weighted by Crippen LogP contribution is -2.49. The molecule has 8 heteroatoms. The first-order chi connectivity index (χ1) is 13.8. The lowest BCUT2D eigenvalue weighted by atomic mass is 10.0. The summed E-state index contributed by atoms with van der Waals surface area (Å²) in [5, 5.41) is 4.78. The van der Waals surface area contributed by atoms with Crippen LogP contribution in [-0.4, -0.2) is 35.3 Å². The molecule has 1 unspecified atom stereocenters. The Bertz CT molecular complexity index is 885. The van der Waals surface area contributed by atoms with Gasteiger partial charge in [-0.1, -0.05) is 32.0 Å². The first kappa shape index (κ1) is 22.0. The summed E-state index contributed by atoms with van der Waals surface area (Å²) < 4.78 is 27.2. The van der Waals surface area contributed by atoms with E-state index in [0.717, 1.165) is 4.90 Å². The van der Waals surface area contributed by atoms with E-state index >= 15 is 0 Å². The van der Waals surface area contributed by atoms with E-state index in [1.165, 1.54) is 36.4 Å². The van der Waals surface area contributed by atoms with Crippen molar-refractivity contribution >= 4 is 23.5 Å². The summed E-state index contributed by atoms with van der Waals surface area (Å²) in [6.45, 7) is 5.49. The number of nitrogens with one attached hydrogen (secondary N) is 2. The molecule has 2 N–H and O–H groups in total. The summed E-state index contributed by atoms with van der Waals surface area (Å²) >= 11 is 0. The molecule has 0 saturated carbocycles. The van der Waals surface area contributed by atoms with E-state index in [9.17, 15) is 23.2 Å². The van der Waals surface area contributed by atoms with E-state index in [-0.39, 0.29) is 18.7 Å². The highest BCUT2D eigenvalue weighted by Crippen LogP contribution is 2.19. The minimum Gasteiger partial charge on any atom is -0.329 e. The monoisotopic (exact) mass is 403 g/mol. The van der Waals surface area contributed by atoms with Crippen molar-refractivity contribution in [3.63, 3.8) is 0 Å². The van der Waals surface area contributed by atoms with Gasteiger partial charge >= 0.3 is 6.03 Å². The normalized spacial score (nSPS) is 14.0. The number of hydrogen-bond donors (Lipinski definition) is 2. The first-order valence-electron chi connectivity index (χ1n) is 9.26. The van der Waals surface area contributed by atoms with Gasteiger partial charge < -0.3 is 10.6 Å². The van der Waals surface area contributed by atoms with Crippen molar-refractivity contribution in [1.29, 1.82) is 0 Å². The highest BCUT2D eigenvalue weighted by atomic mass is 19.1. The highest BCUT2D eigenvalue weighted by Gasteiger charge is 2.39. The number of halogens is 2. The van der Waals surface area contributed by atoms with Gasteiger partial charge in [0.25, 0.3) is 5.91 Å². The molecule has 4 amide bonds. The quantitative estimate of drug-likeness (QED) is 0.751. The van der Waals surface area contributed by atoms with Gasteiger partial charge in [0.15, 0.2) is 0 Å². The second-order valence-corrected chi connectivity index (χ2v) is 6.24. The van der Waals surface area contributed by atoms with Gasteiger partial charge in [0, 0.05) is 6.42 Å². The molecule has 2 aromatic rings. The van der Waals surface area contributed by atoms with Crippen molar-refractivity contribution < 1.29 is 23.2 Å². The molecule has 1 aliphatic rings. The van der Waals surface area contributed by atoms with Crippen molar-refractivity contribution in [3.05, 3.63) is 65.2 Å². The molecule has 2 aromatic carbocycles. The number of nitrogens with zero attached hydrogens (tertiary/aromatic N) is 1. The minimum atomic E-state index is -1.20. The summed E-state index contributed by atoms with van der Waals surface area (Å²) in [4.78, 5) is 37.7. The van der Waals surface area contributed by atoms with Crippen LogP contribution in [0.25, 0.3) is 0 Å². The van der Waals surface area contributed by atoms with Gasteiger partial charge in [-0.2, -0.15) is 0 Å². The van der Waals surface area contributed by atoms with Crippen LogP contribution >= 0.6 is 0 Å². The number of aryl methyl sites for hydroxylation is 1. The van der Waals surface area contributed by atoms with E-state index in [4.69, 9.17) is 0 Å². The maximum atomic E-state index is 14.1. The largest absolute Gasteiger partial charge is 0.329 e. The molecule has 1 fully saturated rings. The maximum Gasteiger partial charge on any atom is 0.325 e. The summed E-state index contributed by atoms with van der Waals surface area (Å²) in [5.74, 6) is -2.35. The van der Waals surface area contributed by atoms with Crippen LogP contribution in [0.4, 0.5) is 19.3 Å². The SMILES string of the molecule is CC.Cc1ccc(NC(=O)C(Cc2ccc(F)cc2)N2C(=O)CNC2=O)c(F)c1. The molecule has 1 saturated heterocycles. The average Bonchev–Trinajstić information content (AvgIpc) is 3.03. The predicted molar refractivity (Wildman–Crippen MR) is 105 cm³/mol. The Hall–Kier alpha value is -3.29. The van der Waals surface area contributed by atoms with Crippen LogP contribution in [0.2, 0.25) is 0 Å². The van der Waals surface area contributed by atoms with Crippen molar-refractivity contribution in [3.8, 4) is 0 Å². The molecule has 6 nitrogen and oxygen atoms in total. The fraction of sp³-hybridized carbons (Fsp3) is 0.286. The van der Waals surface area contributed by atoms with Crippen LogP contribution in [0.5, 0.6) is 0 Å². The molecular formula is C21H23F2N3O3. The van der Waals surface area contributed by atoms with Gasteiger partial charge in [-0.15, -0.1) is 0 Å². The summed E-state index contributed by atoms with van der Waals surface area (Å²) in [5.41, 5.74) is 1.18. The second kappa shape index (κ2) is 9.77. The molecule has 3 rings (SSSR count). The summed E-state index contributed by atoms with van der Waals surface area (Å²) in [6, 6.07) is 7.74. The Morgan fingerprint density at radius 2 is 1.79 bits per heavy atom. The fourth-order valence-corrected chi connectivity index (χ4v) is 2.83. The molecule has 1 atom stereocenters. The average molecular weight is 403 g/mol. The number of urea groups is 1. The molecule has 0 spiro atoms. The molecule has 0 bridgehead atoms. The Morgan fingerprint density at radius 1 is 1.14 bits per heavy atom. The van der Waals surface area contributed by atoms with E-state index in [0.29, 0.717) is 11.1 Å². The topological polar surface area (TPSA) is 78.5 Å². The number of imide groups is 1. The van der Waals surface area contributed by atoms with E-state index < -0.39 is 35.5 Å². The van der Waals surface area contributed by atoms with Crippen LogP contribution < -0.4 is 10.6 Å². The van der Waals surface area contributed by atoms with E-state index in [2.05, 4.69) is 10.6 Å². The Morgan fingerprint density at radius 3 is 2.34 bits per heavy atom. The number of anilines is 1. The lowest BCUT2D eigenvalue weighted by Gasteiger charge is -2.24. The van der Waals surface area contributed by atoms with Gasteiger partial charge in [0.05, 0.1) is 12.2 Å². The van der Waals surface area contributed by atoms with Crippen molar-refractivity contribution in [2.75, 3.05) is 11.9 Å². The Kier molecular flexibility index (Phi) is 7.41. The summed E-state index contributed by atoms with van der Waals surface area (Å²) in [6.07, 6.45) is -0.0290. The molecule has 0 aliphatic carbocycles. The highest BCUT2D eigenvalue weighted by molar-refractivity contribution is 6.07. The third-order valence-electron chi connectivity index (χ3n) is 4.22. The van der Waals surface area contributed by atoms with Crippen LogP contribution in [0.3, 0.4) is 0 Å². The van der Waals surface area contributed by atoms with Gasteiger partial charge in [-0.25, -0.2) is 18.5 Å². The standard InChI is InChI=1S/C19H17F2N3O3.C2H6/c1-11-2-7-15(14(21)8-11)23-18(26)16(24-17(25)10-22-19(24)27)9-12-3-5-13(20)6-4-12;1-2/h2-8,16H,9-10H2,1H3,(H,22,27)(H,23,26);1-2H3. The number of hydrogen-bond acceptors (Lipinski definition) is 3. The Balaban J connectivity index is 0.00000145. The van der Waals surface area contributed by atoms with Gasteiger partial charge in [0.1, 0.15) is 17.7 Å². The molecular weight excluding hydrogens is 380 g/mol. The zero-order chi connectivity index (χ0) is 21.6. The minimum absolute atomic E-state index is 0.0290. The van der Waals surface area contributed by atoms with Gasteiger partial charge in [-0.3, -0.25) is 9.59 Å². The maximum absolute atomic E-state index is 14.1. The zero-order valence-electron chi connectivity index (χ0n) is 16.5. The van der Waals surface area contributed by atoms with E-state index in [1.54, 1.807) is 13.0 Å². The van der Waals surface area contributed by atoms with Crippen molar-refractivity contribution in [2.24, 2.45) is 0 Å². The molecule has 1 heterocycles. The predicted octanol–water partition coefficient (Wildman–Crippen LogP) is 3.40. The smallest absolute Gasteiger partial charge is 0.325 e. The lowest BCUT2D eigenvalue weighted by molar-refractivity contribution is -0.132. The number of benzene rings is 2. The third kappa shape index (κ3) is 5.37. The number of carbonyl (C=O) groups excluding carboxylic acids is 3. The summed E-state index contributed by atoms with van der Waals surface area (Å²) in [7, 11) is 0. The second-order valence-electron chi connectivity index (χ2n) is 6.24. The number of carbonyl (C=O) groups is 3. The molecule has 29 heavy (non-hydrogen) atoms.